The highest BCUT2D eigenvalue weighted by Gasteiger charge is 2.42. The molecule has 1 spiro atoms. The topological polar surface area (TPSA) is 75.7 Å². The standard InChI is InChI=1S/C24H29FN2O4S/c1-32(29,30)27(16-18-9-3-5-11-20(18)25)17-23(28)26-21-15-24(13-7-2-8-14-24)31-22-12-6-4-10-19(21)22/h3-6,9-12,21H,2,7-8,13-17H2,1H3,(H,26,28)/t21-/m1/s1. The lowest BCUT2D eigenvalue weighted by Crippen LogP contribution is -2.48. The molecule has 0 bridgehead atoms. The van der Waals surface area contributed by atoms with Gasteiger partial charge in [0.2, 0.25) is 15.9 Å². The van der Waals surface area contributed by atoms with Crippen molar-refractivity contribution in [1.29, 1.82) is 0 Å². The maximum absolute atomic E-state index is 14.1. The Labute approximate surface area is 188 Å². The number of nitrogens with one attached hydrogen (secondary N) is 1. The third-order valence-electron chi connectivity index (χ3n) is 6.39. The van der Waals surface area contributed by atoms with Crippen molar-refractivity contribution in [2.45, 2.75) is 56.7 Å². The summed E-state index contributed by atoms with van der Waals surface area (Å²) < 4.78 is 46.1. The van der Waals surface area contributed by atoms with Crippen LogP contribution in [0, 0.1) is 5.82 Å². The van der Waals surface area contributed by atoms with E-state index in [4.69, 9.17) is 4.74 Å². The van der Waals surface area contributed by atoms with E-state index in [0.29, 0.717) is 6.42 Å². The number of amides is 1. The van der Waals surface area contributed by atoms with Crippen LogP contribution < -0.4 is 10.1 Å². The fraction of sp³-hybridized carbons (Fsp3) is 0.458. The molecule has 0 aromatic heterocycles. The van der Waals surface area contributed by atoms with Crippen molar-refractivity contribution in [3.05, 3.63) is 65.5 Å². The number of rotatable bonds is 6. The second-order valence-electron chi connectivity index (χ2n) is 8.83. The first-order chi connectivity index (χ1) is 15.3. The average Bonchev–Trinajstić information content (AvgIpc) is 2.74. The molecule has 1 atom stereocenters. The minimum absolute atomic E-state index is 0.201. The molecule has 0 radical (unpaired) electrons. The van der Waals surface area contributed by atoms with Gasteiger partial charge in [0, 0.05) is 24.1 Å². The average molecular weight is 461 g/mol. The molecule has 1 heterocycles. The van der Waals surface area contributed by atoms with E-state index in [9.17, 15) is 17.6 Å². The van der Waals surface area contributed by atoms with Crippen LogP contribution in [0.15, 0.2) is 48.5 Å². The highest BCUT2D eigenvalue weighted by atomic mass is 32.2. The first-order valence-corrected chi connectivity index (χ1v) is 12.9. The molecule has 0 saturated heterocycles. The molecule has 6 nitrogen and oxygen atoms in total. The van der Waals surface area contributed by atoms with Crippen LogP contribution in [0.2, 0.25) is 0 Å². The largest absolute Gasteiger partial charge is 0.487 e. The van der Waals surface area contributed by atoms with Crippen molar-refractivity contribution in [2.24, 2.45) is 0 Å². The van der Waals surface area contributed by atoms with Crippen LogP contribution in [0.25, 0.3) is 0 Å². The van der Waals surface area contributed by atoms with Gasteiger partial charge in [-0.15, -0.1) is 0 Å². The van der Waals surface area contributed by atoms with Crippen LogP contribution >= 0.6 is 0 Å². The second kappa shape index (κ2) is 9.19. The van der Waals surface area contributed by atoms with Gasteiger partial charge < -0.3 is 10.1 Å². The normalized spacial score (nSPS) is 19.9. The molecular weight excluding hydrogens is 431 g/mol. The van der Waals surface area contributed by atoms with Crippen LogP contribution in [0.4, 0.5) is 4.39 Å². The monoisotopic (exact) mass is 460 g/mol. The third-order valence-corrected chi connectivity index (χ3v) is 7.59. The van der Waals surface area contributed by atoms with Crippen molar-refractivity contribution >= 4 is 15.9 Å². The maximum Gasteiger partial charge on any atom is 0.235 e. The number of benzene rings is 2. The lowest BCUT2D eigenvalue weighted by atomic mass is 9.77. The van der Waals surface area contributed by atoms with Gasteiger partial charge in [-0.05, 0) is 37.8 Å². The van der Waals surface area contributed by atoms with E-state index in [0.717, 1.165) is 47.6 Å². The number of carbonyl (C=O) groups is 1. The van der Waals surface area contributed by atoms with Gasteiger partial charge in [0.15, 0.2) is 0 Å². The van der Waals surface area contributed by atoms with Crippen molar-refractivity contribution in [2.75, 3.05) is 12.8 Å². The predicted octanol–water partition coefficient (Wildman–Crippen LogP) is 3.93. The summed E-state index contributed by atoms with van der Waals surface area (Å²) in [4.78, 5) is 13.0. The quantitative estimate of drug-likeness (QED) is 0.709. The molecule has 0 unspecified atom stereocenters. The Morgan fingerprint density at radius 1 is 1.12 bits per heavy atom. The summed E-state index contributed by atoms with van der Waals surface area (Å²) in [5, 5.41) is 3.03. The molecule has 2 aromatic rings. The predicted molar refractivity (Wildman–Crippen MR) is 120 cm³/mol. The first kappa shape index (κ1) is 22.7. The first-order valence-electron chi connectivity index (χ1n) is 11.0. The Morgan fingerprint density at radius 2 is 1.81 bits per heavy atom. The highest BCUT2D eigenvalue weighted by molar-refractivity contribution is 7.88. The second-order valence-corrected chi connectivity index (χ2v) is 10.8. The Bertz CT molecular complexity index is 1080. The van der Waals surface area contributed by atoms with Crippen molar-refractivity contribution in [1.82, 2.24) is 9.62 Å². The highest BCUT2D eigenvalue weighted by Crippen LogP contribution is 2.46. The van der Waals surface area contributed by atoms with Crippen LogP contribution in [-0.2, 0) is 21.4 Å². The summed E-state index contributed by atoms with van der Waals surface area (Å²) in [6.45, 7) is -0.576. The number of halogens is 1. The number of hydrogen-bond donors (Lipinski definition) is 1. The molecule has 1 aliphatic heterocycles. The third kappa shape index (κ3) is 5.13. The van der Waals surface area contributed by atoms with Gasteiger partial charge in [0.05, 0.1) is 18.8 Å². The number of ether oxygens (including phenoxy) is 1. The lowest BCUT2D eigenvalue weighted by molar-refractivity contribution is -0.123. The van der Waals surface area contributed by atoms with E-state index >= 15 is 0 Å². The van der Waals surface area contributed by atoms with E-state index in [-0.39, 0.29) is 30.3 Å². The van der Waals surface area contributed by atoms with Crippen molar-refractivity contribution in [3.8, 4) is 5.75 Å². The van der Waals surface area contributed by atoms with Crippen molar-refractivity contribution in [3.63, 3.8) is 0 Å². The molecule has 32 heavy (non-hydrogen) atoms. The van der Waals surface area contributed by atoms with Gasteiger partial charge >= 0.3 is 0 Å². The van der Waals surface area contributed by atoms with Gasteiger partial charge in [-0.2, -0.15) is 4.31 Å². The molecule has 8 heteroatoms. The Morgan fingerprint density at radius 3 is 2.53 bits per heavy atom. The van der Waals surface area contributed by atoms with Crippen LogP contribution in [0.3, 0.4) is 0 Å². The molecule has 1 amide bonds. The van der Waals surface area contributed by atoms with Crippen LogP contribution in [0.5, 0.6) is 5.75 Å². The van der Waals surface area contributed by atoms with Gasteiger partial charge in [0.1, 0.15) is 17.2 Å². The van der Waals surface area contributed by atoms with Gasteiger partial charge in [-0.1, -0.05) is 42.8 Å². The fourth-order valence-corrected chi connectivity index (χ4v) is 5.48. The Kier molecular flexibility index (Phi) is 6.53. The lowest BCUT2D eigenvalue weighted by Gasteiger charge is -2.44. The summed E-state index contributed by atoms with van der Waals surface area (Å²) in [5.74, 6) is -0.143. The van der Waals surface area contributed by atoms with E-state index in [1.807, 2.05) is 24.3 Å². The summed E-state index contributed by atoms with van der Waals surface area (Å²) in [6.07, 6.45) is 6.93. The fourth-order valence-electron chi connectivity index (χ4n) is 4.76. The van der Waals surface area contributed by atoms with Gasteiger partial charge in [-0.3, -0.25) is 4.79 Å². The Hall–Kier alpha value is -2.45. The minimum atomic E-state index is -3.72. The number of nitrogens with zero attached hydrogens (tertiary/aromatic N) is 1. The molecule has 1 fully saturated rings. The zero-order valence-corrected chi connectivity index (χ0v) is 19.0. The molecule has 1 aliphatic carbocycles. The van der Waals surface area contributed by atoms with Crippen LogP contribution in [0.1, 0.15) is 55.7 Å². The number of carbonyl (C=O) groups excluding carboxylic acids is 1. The number of hydrogen-bond acceptors (Lipinski definition) is 4. The molecule has 172 valence electrons. The smallest absolute Gasteiger partial charge is 0.235 e. The summed E-state index contributed by atoms with van der Waals surface area (Å²) in [6, 6.07) is 13.4. The molecule has 1 N–H and O–H groups in total. The molecule has 4 rings (SSSR count). The number of fused-ring (bicyclic) bond motifs is 1. The zero-order chi connectivity index (χ0) is 22.8. The van der Waals surface area contributed by atoms with E-state index < -0.39 is 21.7 Å². The SMILES string of the molecule is CS(=O)(=O)N(CC(=O)N[C@@H]1CC2(CCCCC2)Oc2ccccc21)Cc1ccccc1F. The Balaban J connectivity index is 1.52. The number of para-hydroxylation sites is 1. The number of sulfonamides is 1. The van der Waals surface area contributed by atoms with Crippen molar-refractivity contribution < 1.29 is 22.3 Å². The summed E-state index contributed by atoms with van der Waals surface area (Å²) >= 11 is 0. The summed E-state index contributed by atoms with van der Waals surface area (Å²) in [5.41, 5.74) is 0.828. The van der Waals surface area contributed by atoms with Gasteiger partial charge in [-0.25, -0.2) is 12.8 Å². The van der Waals surface area contributed by atoms with E-state index in [2.05, 4.69) is 5.32 Å². The van der Waals surface area contributed by atoms with Crippen LogP contribution in [-0.4, -0.2) is 37.0 Å². The zero-order valence-electron chi connectivity index (χ0n) is 18.2. The van der Waals surface area contributed by atoms with E-state index in [1.165, 1.54) is 18.6 Å². The molecule has 2 aliphatic rings. The minimum Gasteiger partial charge on any atom is -0.487 e. The maximum atomic E-state index is 14.1. The molecular formula is C24H29FN2O4S. The molecule has 2 aromatic carbocycles. The molecule has 1 saturated carbocycles. The summed E-state index contributed by atoms with van der Waals surface area (Å²) in [7, 11) is -3.72. The van der Waals surface area contributed by atoms with Gasteiger partial charge in [0.25, 0.3) is 0 Å². The van der Waals surface area contributed by atoms with E-state index in [1.54, 1.807) is 12.1 Å².